The highest BCUT2D eigenvalue weighted by molar-refractivity contribution is 6.30. The molecule has 0 fully saturated rings. The Bertz CT molecular complexity index is 501. The second kappa shape index (κ2) is 3.48. The molecule has 0 saturated carbocycles. The van der Waals surface area contributed by atoms with Gasteiger partial charge in [-0.3, -0.25) is 4.52 Å². The maximum Gasteiger partial charge on any atom is 0.447 e. The van der Waals surface area contributed by atoms with Gasteiger partial charge in [-0.1, -0.05) is 11.6 Å². The summed E-state index contributed by atoms with van der Waals surface area (Å²) in [6.45, 7) is 0. The Labute approximate surface area is 88.6 Å². The maximum absolute atomic E-state index is 10.9. The number of hydrogen-bond donors (Lipinski definition) is 1. The summed E-state index contributed by atoms with van der Waals surface area (Å²) < 4.78 is 5.82. The van der Waals surface area contributed by atoms with Gasteiger partial charge in [-0.25, -0.2) is 4.79 Å². The Kier molecular flexibility index (Phi) is 2.31. The third-order valence-corrected chi connectivity index (χ3v) is 2.25. The molecule has 2 aromatic rings. The van der Waals surface area contributed by atoms with Crippen molar-refractivity contribution in [1.82, 2.24) is 5.27 Å². The van der Waals surface area contributed by atoms with Gasteiger partial charge in [-0.05, 0) is 22.1 Å². The molecule has 1 N–H and O–H groups in total. The van der Waals surface area contributed by atoms with Crippen molar-refractivity contribution in [2.75, 3.05) is 0 Å². The number of aromatic nitrogens is 2. The Hall–Kier alpha value is -1.26. The van der Waals surface area contributed by atoms with E-state index in [-0.39, 0.29) is 5.15 Å². The van der Waals surface area contributed by atoms with Crippen LogP contribution in [-0.4, -0.2) is 5.27 Å². The topological polar surface area (TPSA) is 49.9 Å². The summed E-state index contributed by atoms with van der Waals surface area (Å²) >= 11 is 11.4. The number of nitrogens with one attached hydrogen (secondary N) is 1. The van der Waals surface area contributed by atoms with E-state index in [0.717, 1.165) is 0 Å². The zero-order chi connectivity index (χ0) is 10.1. The Morgan fingerprint density at radius 2 is 1.86 bits per heavy atom. The summed E-state index contributed by atoms with van der Waals surface area (Å²) in [6, 6.07) is 6.79. The Morgan fingerprint density at radius 3 is 2.36 bits per heavy atom. The predicted octanol–water partition coefficient (Wildman–Crippen LogP) is 1.55. The zero-order valence-corrected chi connectivity index (χ0v) is 8.34. The second-order valence-electron chi connectivity index (χ2n) is 2.58. The Morgan fingerprint density at radius 1 is 1.21 bits per heavy atom. The molecule has 0 aliphatic rings. The number of H-pyrrole nitrogens is 1. The van der Waals surface area contributed by atoms with Gasteiger partial charge in [0.15, 0.2) is 0 Å². The van der Waals surface area contributed by atoms with Crippen molar-refractivity contribution < 1.29 is 9.20 Å². The predicted molar refractivity (Wildman–Crippen MR) is 50.9 cm³/mol. The van der Waals surface area contributed by atoms with Gasteiger partial charge in [0.05, 0.1) is 0 Å². The van der Waals surface area contributed by atoms with Crippen LogP contribution in [0.5, 0.6) is 0 Å². The first-order valence-electron chi connectivity index (χ1n) is 3.73. The maximum atomic E-state index is 10.9. The Balaban J connectivity index is 2.55. The summed E-state index contributed by atoms with van der Waals surface area (Å²) in [5.74, 6) is 0. The molecule has 0 bridgehead atoms. The molecule has 2 rings (SSSR count). The number of nitrogens with zero attached hydrogens (tertiary/aromatic N) is 1. The molecule has 1 aromatic carbocycles. The lowest BCUT2D eigenvalue weighted by Crippen LogP contribution is -2.34. The van der Waals surface area contributed by atoms with Gasteiger partial charge < -0.3 is 0 Å². The smallest absolute Gasteiger partial charge is 0.281 e. The molecule has 0 aliphatic heterocycles. The van der Waals surface area contributed by atoms with Crippen LogP contribution >= 0.6 is 23.2 Å². The fraction of sp³-hybridized carbons (Fsp3) is 0. The van der Waals surface area contributed by atoms with E-state index in [9.17, 15) is 4.79 Å². The summed E-state index contributed by atoms with van der Waals surface area (Å²) in [5, 5.41) is 2.94. The fourth-order valence-corrected chi connectivity index (χ4v) is 1.31. The number of hydrogen-bond acceptors (Lipinski definition) is 2. The first kappa shape index (κ1) is 9.30. The molecule has 6 heteroatoms. The third kappa shape index (κ3) is 1.54. The molecule has 0 aliphatic carbocycles. The molecule has 1 heterocycles. The number of rotatable bonds is 1. The monoisotopic (exact) mass is 231 g/mol. The molecule has 0 atom stereocenters. The highest BCUT2D eigenvalue weighted by Gasteiger charge is 2.20. The van der Waals surface area contributed by atoms with Crippen LogP contribution in [0.15, 0.2) is 33.6 Å². The van der Waals surface area contributed by atoms with E-state index in [1.165, 1.54) is 4.68 Å². The fourth-order valence-electron chi connectivity index (χ4n) is 1.02. The van der Waals surface area contributed by atoms with Gasteiger partial charge in [0.25, 0.3) is 0 Å². The van der Waals surface area contributed by atoms with Crippen molar-refractivity contribution >= 4 is 23.2 Å². The van der Waals surface area contributed by atoms with Crippen LogP contribution in [0, 0.1) is 0 Å². The van der Waals surface area contributed by atoms with E-state index in [1.54, 1.807) is 24.3 Å². The highest BCUT2D eigenvalue weighted by Crippen LogP contribution is 2.09. The lowest BCUT2D eigenvalue weighted by Gasteiger charge is -1.89. The standard InChI is InChI=1S/C8H4Cl2N2O2/c9-5-1-3-6(4-2-5)12-7(10)8(13)14-11-12/h1-4H/p+1. The van der Waals surface area contributed by atoms with Gasteiger partial charge >= 0.3 is 10.8 Å². The molecule has 0 spiro atoms. The molecule has 14 heavy (non-hydrogen) atoms. The van der Waals surface area contributed by atoms with E-state index >= 15 is 0 Å². The largest absolute Gasteiger partial charge is 0.447 e. The third-order valence-electron chi connectivity index (χ3n) is 1.68. The zero-order valence-electron chi connectivity index (χ0n) is 6.83. The van der Waals surface area contributed by atoms with Crippen LogP contribution in [-0.2, 0) is 0 Å². The van der Waals surface area contributed by atoms with E-state index in [2.05, 4.69) is 9.79 Å². The summed E-state index contributed by atoms with van der Waals surface area (Å²) in [4.78, 5) is 10.9. The van der Waals surface area contributed by atoms with Crippen LogP contribution in [0.4, 0.5) is 0 Å². The summed E-state index contributed by atoms with van der Waals surface area (Å²) in [5.41, 5.74) is 0.0619. The molecule has 0 radical (unpaired) electrons. The van der Waals surface area contributed by atoms with Crippen molar-refractivity contribution in [3.05, 3.63) is 44.9 Å². The van der Waals surface area contributed by atoms with Crippen LogP contribution < -0.4 is 10.3 Å². The average Bonchev–Trinajstić information content (AvgIpc) is 2.50. The van der Waals surface area contributed by atoms with E-state index in [4.69, 9.17) is 23.2 Å². The highest BCUT2D eigenvalue weighted by atomic mass is 35.5. The van der Waals surface area contributed by atoms with Crippen molar-refractivity contribution in [2.24, 2.45) is 0 Å². The molecule has 72 valence electrons. The minimum atomic E-state index is -0.610. The van der Waals surface area contributed by atoms with E-state index in [1.807, 2.05) is 0 Å². The normalized spacial score (nSPS) is 10.4. The molecular formula is C8H5Cl2N2O2+. The first-order chi connectivity index (χ1) is 6.68. The lowest BCUT2D eigenvalue weighted by atomic mass is 10.3. The van der Waals surface area contributed by atoms with Gasteiger partial charge in [0.1, 0.15) is 0 Å². The first-order valence-corrected chi connectivity index (χ1v) is 4.49. The van der Waals surface area contributed by atoms with Crippen molar-refractivity contribution in [1.29, 1.82) is 0 Å². The second-order valence-corrected chi connectivity index (χ2v) is 3.38. The van der Waals surface area contributed by atoms with Gasteiger partial charge in [-0.15, -0.1) is 0 Å². The molecule has 0 amide bonds. The molecular weight excluding hydrogens is 227 g/mol. The number of benzene rings is 1. The minimum Gasteiger partial charge on any atom is -0.281 e. The summed E-state index contributed by atoms with van der Waals surface area (Å²) in [6.07, 6.45) is 0. The van der Waals surface area contributed by atoms with E-state index < -0.39 is 5.63 Å². The molecule has 4 nitrogen and oxygen atoms in total. The van der Waals surface area contributed by atoms with E-state index in [0.29, 0.717) is 10.7 Å². The van der Waals surface area contributed by atoms with Crippen molar-refractivity contribution in [2.45, 2.75) is 0 Å². The minimum absolute atomic E-state index is 0.0349. The average molecular weight is 232 g/mol. The van der Waals surface area contributed by atoms with Crippen LogP contribution in [0.25, 0.3) is 5.69 Å². The number of aromatic amines is 1. The van der Waals surface area contributed by atoms with Crippen molar-refractivity contribution in [3.8, 4) is 5.69 Å². The number of halogens is 2. The van der Waals surface area contributed by atoms with Gasteiger partial charge in [0.2, 0.25) is 5.69 Å². The van der Waals surface area contributed by atoms with Crippen LogP contribution in [0.2, 0.25) is 10.2 Å². The quantitative estimate of drug-likeness (QED) is 0.758. The summed E-state index contributed by atoms with van der Waals surface area (Å²) in [7, 11) is 0. The van der Waals surface area contributed by atoms with Gasteiger partial charge in [0, 0.05) is 28.8 Å². The van der Waals surface area contributed by atoms with Crippen molar-refractivity contribution in [3.63, 3.8) is 0 Å². The molecule has 1 aromatic heterocycles. The molecule has 0 saturated heterocycles. The van der Waals surface area contributed by atoms with Gasteiger partial charge in [-0.2, -0.15) is 0 Å². The van der Waals surface area contributed by atoms with Crippen LogP contribution in [0.3, 0.4) is 0 Å². The molecule has 0 unspecified atom stereocenters. The SMILES string of the molecule is O=c1o[nH][n+](-c2ccc(Cl)cc2)c1Cl. The van der Waals surface area contributed by atoms with Crippen LogP contribution in [0.1, 0.15) is 0 Å². The lowest BCUT2D eigenvalue weighted by molar-refractivity contribution is -0.668.